The summed E-state index contributed by atoms with van der Waals surface area (Å²) in [5.41, 5.74) is 1.22. The van der Waals surface area contributed by atoms with Gasteiger partial charge in [-0.25, -0.2) is 4.39 Å². The van der Waals surface area contributed by atoms with Gasteiger partial charge in [0, 0.05) is 17.2 Å². The summed E-state index contributed by atoms with van der Waals surface area (Å²) < 4.78 is 18.8. The summed E-state index contributed by atoms with van der Waals surface area (Å²) in [6, 6.07) is 13.3. The third-order valence-electron chi connectivity index (χ3n) is 7.37. The second-order valence-electron chi connectivity index (χ2n) is 9.87. The lowest BCUT2D eigenvalue weighted by atomic mass is 9.49. The monoisotopic (exact) mass is 436 g/mol. The van der Waals surface area contributed by atoms with E-state index in [2.05, 4.69) is 10.6 Å². The molecule has 0 heterocycles. The Balaban J connectivity index is 1.12. The minimum Gasteiger partial charge on any atom is -0.489 e. The van der Waals surface area contributed by atoms with Crippen LogP contribution in [-0.2, 0) is 16.2 Å². The maximum atomic E-state index is 13.0. The predicted octanol–water partition coefficient (Wildman–Crippen LogP) is 4.68. The molecular weight excluding hydrogens is 407 g/mol. The Morgan fingerprint density at radius 1 is 0.969 bits per heavy atom. The molecule has 6 rings (SSSR count). The molecule has 4 aliphatic rings. The number of carbonyl (C=O) groups is 2. The number of benzene rings is 2. The van der Waals surface area contributed by atoms with Crippen LogP contribution in [0, 0.1) is 29.0 Å². The highest BCUT2D eigenvalue weighted by molar-refractivity contribution is 5.95. The minimum absolute atomic E-state index is 0.0265. The summed E-state index contributed by atoms with van der Waals surface area (Å²) in [5.74, 6) is 2.20. The highest BCUT2D eigenvalue weighted by Crippen LogP contribution is 2.60. The van der Waals surface area contributed by atoms with E-state index in [9.17, 15) is 14.0 Å². The lowest BCUT2D eigenvalue weighted by molar-refractivity contribution is -0.146. The van der Waals surface area contributed by atoms with Gasteiger partial charge in [-0.2, -0.15) is 0 Å². The van der Waals surface area contributed by atoms with E-state index in [0.29, 0.717) is 35.8 Å². The Morgan fingerprint density at radius 2 is 1.62 bits per heavy atom. The van der Waals surface area contributed by atoms with E-state index in [-0.39, 0.29) is 29.6 Å². The molecule has 0 unspecified atom stereocenters. The molecule has 0 aliphatic heterocycles. The van der Waals surface area contributed by atoms with Gasteiger partial charge in [0.2, 0.25) is 11.8 Å². The third kappa shape index (κ3) is 4.50. The molecule has 4 fully saturated rings. The Hall–Kier alpha value is -2.89. The van der Waals surface area contributed by atoms with Crippen molar-refractivity contribution in [1.29, 1.82) is 0 Å². The van der Waals surface area contributed by atoms with Crippen LogP contribution in [0.15, 0.2) is 48.5 Å². The molecule has 0 radical (unpaired) electrons. The molecule has 0 atom stereocenters. The van der Waals surface area contributed by atoms with E-state index >= 15 is 0 Å². The second-order valence-corrected chi connectivity index (χ2v) is 9.87. The molecule has 168 valence electrons. The van der Waals surface area contributed by atoms with E-state index in [4.69, 9.17) is 4.74 Å². The number of ether oxygens (including phenoxy) is 1. The number of hydrogen-bond acceptors (Lipinski definition) is 3. The van der Waals surface area contributed by atoms with Crippen LogP contribution in [0.25, 0.3) is 0 Å². The van der Waals surface area contributed by atoms with Crippen LogP contribution >= 0.6 is 0 Å². The van der Waals surface area contributed by atoms with Gasteiger partial charge in [-0.05, 0) is 86.1 Å². The molecule has 2 aromatic rings. The van der Waals surface area contributed by atoms with Crippen molar-refractivity contribution in [2.75, 3.05) is 11.9 Å². The molecule has 2 aromatic carbocycles. The number of anilines is 1. The molecule has 2 amide bonds. The topological polar surface area (TPSA) is 67.4 Å². The molecule has 0 saturated heterocycles. The molecule has 4 saturated carbocycles. The average molecular weight is 437 g/mol. The van der Waals surface area contributed by atoms with E-state index in [1.54, 1.807) is 36.4 Å². The molecule has 5 nitrogen and oxygen atoms in total. The molecule has 32 heavy (non-hydrogen) atoms. The Bertz CT molecular complexity index is 969. The van der Waals surface area contributed by atoms with E-state index in [1.165, 1.54) is 31.4 Å². The summed E-state index contributed by atoms with van der Waals surface area (Å²) in [7, 11) is 0. The van der Waals surface area contributed by atoms with Crippen molar-refractivity contribution in [1.82, 2.24) is 5.32 Å². The first kappa shape index (κ1) is 21.0. The Morgan fingerprint density at radius 3 is 2.28 bits per heavy atom. The lowest BCUT2D eigenvalue weighted by Gasteiger charge is -2.55. The number of carbonyl (C=O) groups excluding carboxylic acids is 2. The zero-order chi connectivity index (χ0) is 22.1. The summed E-state index contributed by atoms with van der Waals surface area (Å²) in [6.45, 7) is 0.278. The van der Waals surface area contributed by atoms with Crippen molar-refractivity contribution in [3.05, 3.63) is 59.9 Å². The third-order valence-corrected chi connectivity index (χ3v) is 7.37. The molecule has 0 aromatic heterocycles. The zero-order valence-electron chi connectivity index (χ0n) is 18.1. The minimum atomic E-state index is -0.284. The van der Waals surface area contributed by atoms with Crippen molar-refractivity contribution in [2.24, 2.45) is 23.2 Å². The maximum absolute atomic E-state index is 13.0. The first-order chi connectivity index (χ1) is 15.5. The van der Waals surface area contributed by atoms with Crippen LogP contribution in [0.3, 0.4) is 0 Å². The Kier molecular flexibility index (Phi) is 5.62. The van der Waals surface area contributed by atoms with Gasteiger partial charge in [0.25, 0.3) is 0 Å². The SMILES string of the molecule is O=C(CNC(=O)C12CC3CC(CC(C3)C1)C2)Nc1cccc(OCc2ccc(F)cc2)c1. The fraction of sp³-hybridized carbons (Fsp3) is 0.462. The van der Waals surface area contributed by atoms with Gasteiger partial charge in [0.15, 0.2) is 0 Å². The largest absolute Gasteiger partial charge is 0.489 e. The van der Waals surface area contributed by atoms with Gasteiger partial charge in [-0.1, -0.05) is 18.2 Å². The number of halogens is 1. The second kappa shape index (κ2) is 8.57. The first-order valence-electron chi connectivity index (χ1n) is 11.5. The van der Waals surface area contributed by atoms with Crippen LogP contribution in [0.1, 0.15) is 44.1 Å². The standard InChI is InChI=1S/C26H29FN2O3/c27-21-6-4-17(5-7-21)16-32-23-3-1-2-22(11-23)29-24(30)15-28-25(31)26-12-18-8-19(13-26)10-20(9-18)14-26/h1-7,11,18-20H,8-10,12-16H2,(H,28,31)(H,29,30). The smallest absolute Gasteiger partial charge is 0.243 e. The summed E-state index contributed by atoms with van der Waals surface area (Å²) in [4.78, 5) is 25.5. The van der Waals surface area contributed by atoms with Crippen LogP contribution in [-0.4, -0.2) is 18.4 Å². The van der Waals surface area contributed by atoms with Crippen LogP contribution in [0.5, 0.6) is 5.75 Å². The lowest BCUT2D eigenvalue weighted by Crippen LogP contribution is -2.54. The van der Waals surface area contributed by atoms with Crippen molar-refractivity contribution in [3.63, 3.8) is 0 Å². The van der Waals surface area contributed by atoms with Crippen molar-refractivity contribution in [2.45, 2.75) is 45.1 Å². The fourth-order valence-corrected chi connectivity index (χ4v) is 6.35. The van der Waals surface area contributed by atoms with Crippen LogP contribution in [0.4, 0.5) is 10.1 Å². The van der Waals surface area contributed by atoms with E-state index < -0.39 is 0 Å². The summed E-state index contributed by atoms with van der Waals surface area (Å²) in [6.07, 6.45) is 6.81. The van der Waals surface area contributed by atoms with E-state index in [1.807, 2.05) is 0 Å². The first-order valence-corrected chi connectivity index (χ1v) is 11.5. The molecule has 6 heteroatoms. The highest BCUT2D eigenvalue weighted by Gasteiger charge is 2.54. The quantitative estimate of drug-likeness (QED) is 0.663. The van der Waals surface area contributed by atoms with Gasteiger partial charge in [-0.3, -0.25) is 9.59 Å². The maximum Gasteiger partial charge on any atom is 0.243 e. The molecular formula is C26H29FN2O3. The zero-order valence-corrected chi connectivity index (χ0v) is 18.1. The van der Waals surface area contributed by atoms with Gasteiger partial charge >= 0.3 is 0 Å². The molecule has 4 bridgehead atoms. The number of hydrogen-bond donors (Lipinski definition) is 2. The van der Waals surface area contributed by atoms with Crippen LogP contribution < -0.4 is 15.4 Å². The van der Waals surface area contributed by atoms with Gasteiger partial charge < -0.3 is 15.4 Å². The predicted molar refractivity (Wildman–Crippen MR) is 119 cm³/mol. The molecule has 2 N–H and O–H groups in total. The number of rotatable bonds is 7. The highest BCUT2D eigenvalue weighted by atomic mass is 19.1. The van der Waals surface area contributed by atoms with Crippen molar-refractivity contribution < 1.29 is 18.7 Å². The fourth-order valence-electron chi connectivity index (χ4n) is 6.35. The average Bonchev–Trinajstić information content (AvgIpc) is 2.76. The van der Waals surface area contributed by atoms with Crippen molar-refractivity contribution >= 4 is 17.5 Å². The van der Waals surface area contributed by atoms with Crippen molar-refractivity contribution in [3.8, 4) is 5.75 Å². The van der Waals surface area contributed by atoms with Gasteiger partial charge in [0.05, 0.1) is 6.54 Å². The number of nitrogens with one attached hydrogen (secondary N) is 2. The normalized spacial score (nSPS) is 27.7. The Labute approximate surface area is 187 Å². The number of amides is 2. The van der Waals surface area contributed by atoms with Crippen LogP contribution in [0.2, 0.25) is 0 Å². The van der Waals surface area contributed by atoms with Gasteiger partial charge in [-0.15, -0.1) is 0 Å². The van der Waals surface area contributed by atoms with Gasteiger partial charge in [0.1, 0.15) is 18.2 Å². The summed E-state index contributed by atoms with van der Waals surface area (Å²) in [5, 5.41) is 5.75. The van der Waals surface area contributed by atoms with E-state index in [0.717, 1.165) is 24.8 Å². The molecule has 4 aliphatic carbocycles. The summed E-state index contributed by atoms with van der Waals surface area (Å²) >= 11 is 0. The molecule has 0 spiro atoms.